The normalized spacial score (nSPS) is 11.4. The number of rotatable bonds is 5. The van der Waals surface area contributed by atoms with Crippen LogP contribution < -0.4 is 0 Å². The van der Waals surface area contributed by atoms with E-state index >= 15 is 0 Å². The summed E-state index contributed by atoms with van der Waals surface area (Å²) in [6, 6.07) is 61.6. The van der Waals surface area contributed by atoms with Crippen LogP contribution in [0, 0.1) is 31.8 Å². The Morgan fingerprint density at radius 1 is 0.446 bits per heavy atom. The summed E-state index contributed by atoms with van der Waals surface area (Å²) in [7, 11) is 0. The van der Waals surface area contributed by atoms with E-state index in [4.69, 9.17) is 6.57 Å². The van der Waals surface area contributed by atoms with Crippen LogP contribution >= 0.6 is 0 Å². The molecular weight excluding hydrogens is 681 g/mol. The van der Waals surface area contributed by atoms with Gasteiger partial charge < -0.3 is 9.13 Å². The molecule has 10 rings (SSSR count). The molecule has 10 aromatic rings. The van der Waals surface area contributed by atoms with Crippen LogP contribution in [-0.2, 0) is 0 Å². The highest BCUT2D eigenvalue weighted by Gasteiger charge is 2.19. The number of para-hydroxylation sites is 2. The number of hydrogen-bond donors (Lipinski definition) is 0. The highest BCUT2D eigenvalue weighted by atomic mass is 15.0. The lowest BCUT2D eigenvalue weighted by Gasteiger charge is -2.14. The molecule has 0 bridgehead atoms. The van der Waals surface area contributed by atoms with E-state index in [0.29, 0.717) is 11.3 Å². The van der Waals surface area contributed by atoms with Crippen molar-refractivity contribution in [1.82, 2.24) is 9.13 Å². The number of fused-ring (bicyclic) bond motifs is 6. The molecule has 262 valence electrons. The van der Waals surface area contributed by atoms with Gasteiger partial charge in [0.2, 0.25) is 0 Å². The van der Waals surface area contributed by atoms with E-state index in [1.807, 2.05) is 24.3 Å². The first-order valence-electron chi connectivity index (χ1n) is 18.8. The minimum absolute atomic E-state index is 0.495. The smallest absolute Gasteiger partial charge is 0.197 e. The Bertz CT molecular complexity index is 3080. The average Bonchev–Trinajstić information content (AvgIpc) is 3.76. The summed E-state index contributed by atoms with van der Waals surface area (Å²) in [5, 5.41) is 15.2. The lowest BCUT2D eigenvalue weighted by atomic mass is 9.97. The third-order valence-corrected chi connectivity index (χ3v) is 11.3. The van der Waals surface area contributed by atoms with E-state index in [2.05, 4.69) is 179 Å². The van der Waals surface area contributed by atoms with Crippen molar-refractivity contribution in [2.75, 3.05) is 0 Å². The van der Waals surface area contributed by atoms with Crippen LogP contribution in [0.15, 0.2) is 170 Å². The molecule has 0 saturated carbocycles. The molecule has 0 radical (unpaired) electrons. The molecule has 0 aliphatic carbocycles. The van der Waals surface area contributed by atoms with Gasteiger partial charge in [-0.3, -0.25) is 0 Å². The summed E-state index contributed by atoms with van der Waals surface area (Å²) in [6.45, 7) is 12.6. The van der Waals surface area contributed by atoms with Gasteiger partial charge in [-0.25, -0.2) is 4.85 Å². The number of nitrogens with zero attached hydrogens (tertiary/aromatic N) is 4. The Morgan fingerprint density at radius 3 is 1.43 bits per heavy atom. The summed E-state index contributed by atoms with van der Waals surface area (Å²) in [5.41, 5.74) is 15.8. The van der Waals surface area contributed by atoms with Crippen LogP contribution in [0.5, 0.6) is 0 Å². The molecule has 2 heterocycles. The van der Waals surface area contributed by atoms with Crippen molar-refractivity contribution in [3.05, 3.63) is 198 Å². The van der Waals surface area contributed by atoms with Gasteiger partial charge in [0.05, 0.1) is 40.3 Å². The third kappa shape index (κ3) is 5.12. The van der Waals surface area contributed by atoms with Gasteiger partial charge in [-0.2, -0.15) is 5.26 Å². The second-order valence-corrected chi connectivity index (χ2v) is 14.5. The standard InChI is InChI=1S/C52H34N4/c1-33-12-4-6-14-40(33)35-20-26-51-46(29-35)44-16-8-10-18-49(44)55(51)38-22-24-42(37(28-38)32-53)43-25-23-39(31-48(43)54-3)56-50-19-11-9-17-45(50)47-30-36(21-27-52(47)56)41-15-7-5-13-34(41)2/h4-31H,1-2H3. The third-order valence-electron chi connectivity index (χ3n) is 11.3. The molecule has 2 aromatic heterocycles. The van der Waals surface area contributed by atoms with Crippen molar-refractivity contribution in [2.45, 2.75) is 13.8 Å². The van der Waals surface area contributed by atoms with Crippen molar-refractivity contribution >= 4 is 49.3 Å². The van der Waals surface area contributed by atoms with Gasteiger partial charge in [-0.1, -0.05) is 109 Å². The van der Waals surface area contributed by atoms with Crippen LogP contribution in [-0.4, -0.2) is 9.13 Å². The number of aryl methyl sites for hydroxylation is 2. The largest absolute Gasteiger partial charge is 0.311 e. The van der Waals surface area contributed by atoms with E-state index in [-0.39, 0.29) is 0 Å². The minimum atomic E-state index is 0.495. The number of hydrogen-bond acceptors (Lipinski definition) is 1. The monoisotopic (exact) mass is 714 g/mol. The zero-order valence-electron chi connectivity index (χ0n) is 31.0. The first kappa shape index (κ1) is 32.9. The fourth-order valence-corrected chi connectivity index (χ4v) is 8.61. The molecule has 0 spiro atoms. The number of benzene rings is 8. The highest BCUT2D eigenvalue weighted by molar-refractivity contribution is 6.12. The summed E-state index contributed by atoms with van der Waals surface area (Å²) >= 11 is 0. The lowest BCUT2D eigenvalue weighted by Crippen LogP contribution is -1.97. The van der Waals surface area contributed by atoms with Gasteiger partial charge >= 0.3 is 0 Å². The quantitative estimate of drug-likeness (QED) is 0.164. The fraction of sp³-hybridized carbons (Fsp3) is 0.0385. The molecule has 0 aliphatic heterocycles. The Balaban J connectivity index is 1.08. The summed E-state index contributed by atoms with van der Waals surface area (Å²) < 4.78 is 4.48. The van der Waals surface area contributed by atoms with Crippen molar-refractivity contribution < 1.29 is 0 Å². The van der Waals surface area contributed by atoms with E-state index < -0.39 is 0 Å². The molecule has 4 heteroatoms. The molecule has 0 fully saturated rings. The highest BCUT2D eigenvalue weighted by Crippen LogP contribution is 2.41. The van der Waals surface area contributed by atoms with Crippen molar-refractivity contribution in [2.24, 2.45) is 0 Å². The van der Waals surface area contributed by atoms with Gasteiger partial charge in [0.15, 0.2) is 5.69 Å². The van der Waals surface area contributed by atoms with E-state index in [0.717, 1.165) is 66.1 Å². The zero-order chi connectivity index (χ0) is 37.9. The first-order chi connectivity index (χ1) is 27.5. The lowest BCUT2D eigenvalue weighted by molar-refractivity contribution is 1.17. The molecular formula is C52H34N4. The minimum Gasteiger partial charge on any atom is -0.311 e. The summed E-state index contributed by atoms with van der Waals surface area (Å²) in [4.78, 5) is 4.03. The predicted molar refractivity (Wildman–Crippen MR) is 232 cm³/mol. The maximum Gasteiger partial charge on any atom is 0.197 e. The first-order valence-corrected chi connectivity index (χ1v) is 18.8. The predicted octanol–water partition coefficient (Wildman–Crippen LogP) is 13.9. The zero-order valence-corrected chi connectivity index (χ0v) is 31.0. The molecule has 0 aliphatic rings. The Kier molecular flexibility index (Phi) is 7.66. The van der Waals surface area contributed by atoms with Crippen LogP contribution in [0.1, 0.15) is 16.7 Å². The molecule has 4 nitrogen and oxygen atoms in total. The SMILES string of the molecule is [C-]#[N+]c1cc(-n2c3ccccc3c3cc(-c4ccccc4C)ccc32)ccc1-c1ccc(-n2c3ccccc3c3cc(-c4ccccc4C)ccc32)cc1C#N. The van der Waals surface area contributed by atoms with Gasteiger partial charge in [-0.15, -0.1) is 0 Å². The number of aromatic nitrogens is 2. The maximum atomic E-state index is 10.6. The van der Waals surface area contributed by atoms with Crippen LogP contribution in [0.2, 0.25) is 0 Å². The van der Waals surface area contributed by atoms with Gasteiger partial charge in [-0.05, 0) is 119 Å². The molecule has 0 amide bonds. The van der Waals surface area contributed by atoms with E-state index in [1.165, 1.54) is 33.4 Å². The second-order valence-electron chi connectivity index (χ2n) is 14.5. The van der Waals surface area contributed by atoms with Crippen LogP contribution in [0.3, 0.4) is 0 Å². The molecule has 0 atom stereocenters. The fourth-order valence-electron chi connectivity index (χ4n) is 8.61. The van der Waals surface area contributed by atoms with Crippen molar-refractivity contribution in [1.29, 1.82) is 5.26 Å². The van der Waals surface area contributed by atoms with E-state index in [1.54, 1.807) is 0 Å². The van der Waals surface area contributed by atoms with E-state index in [9.17, 15) is 5.26 Å². The second kappa shape index (κ2) is 13.0. The van der Waals surface area contributed by atoms with Gasteiger partial charge in [0.25, 0.3) is 0 Å². The number of nitriles is 1. The Labute approximate surface area is 325 Å². The molecule has 0 N–H and O–H groups in total. The molecule has 0 unspecified atom stereocenters. The van der Waals surface area contributed by atoms with Crippen LogP contribution in [0.4, 0.5) is 5.69 Å². The molecule has 56 heavy (non-hydrogen) atoms. The van der Waals surface area contributed by atoms with Crippen LogP contribution in [0.25, 0.3) is 93.2 Å². The van der Waals surface area contributed by atoms with Gasteiger partial charge in [0, 0.05) is 32.9 Å². The van der Waals surface area contributed by atoms with Crippen molar-refractivity contribution in [3.8, 4) is 50.8 Å². The molecule has 0 saturated heterocycles. The Hall–Kier alpha value is -7.66. The topological polar surface area (TPSA) is 38.0 Å². The van der Waals surface area contributed by atoms with Crippen molar-refractivity contribution in [3.63, 3.8) is 0 Å². The maximum absolute atomic E-state index is 10.6. The van der Waals surface area contributed by atoms with Gasteiger partial charge in [0.1, 0.15) is 0 Å². The summed E-state index contributed by atoms with van der Waals surface area (Å²) in [6.07, 6.45) is 0. The summed E-state index contributed by atoms with van der Waals surface area (Å²) in [5.74, 6) is 0. The Morgan fingerprint density at radius 2 is 0.911 bits per heavy atom. The molecule has 8 aromatic carbocycles. The average molecular weight is 715 g/mol.